The van der Waals surface area contributed by atoms with Crippen LogP contribution in [0.3, 0.4) is 0 Å². The molecule has 2 aromatic carbocycles. The molecule has 1 aromatic heterocycles. The van der Waals surface area contributed by atoms with Gasteiger partial charge in [0.15, 0.2) is 0 Å². The zero-order valence-corrected chi connectivity index (χ0v) is 14.7. The summed E-state index contributed by atoms with van der Waals surface area (Å²) >= 11 is 0. The van der Waals surface area contributed by atoms with E-state index in [9.17, 15) is 4.79 Å². The van der Waals surface area contributed by atoms with Gasteiger partial charge in [-0.3, -0.25) is 4.79 Å². The minimum Gasteiger partial charge on any atom is -0.493 e. The van der Waals surface area contributed by atoms with Crippen molar-refractivity contribution >= 4 is 16.9 Å². The number of rotatable bonds is 5. The molecule has 1 aliphatic heterocycles. The van der Waals surface area contributed by atoms with Gasteiger partial charge in [0.1, 0.15) is 11.6 Å². The molecule has 5 heteroatoms. The zero-order chi connectivity index (χ0) is 17.8. The highest BCUT2D eigenvalue weighted by Gasteiger charge is 2.26. The van der Waals surface area contributed by atoms with Crippen LogP contribution < -0.4 is 4.74 Å². The molecule has 1 fully saturated rings. The number of likely N-dealkylation sites (tertiary alicyclic amines) is 1. The molecular formula is C21H23N3O2. The average molecular weight is 349 g/mol. The largest absolute Gasteiger partial charge is 0.493 e. The molecular weight excluding hydrogens is 326 g/mol. The molecule has 0 saturated carbocycles. The molecule has 5 nitrogen and oxygen atoms in total. The number of aromatic nitrogens is 2. The maximum Gasteiger partial charge on any atom is 0.226 e. The SMILES string of the molecule is O=C(CCOc1ccccc1)N1CCC[C@H](c2nc3ccccc3[nH]2)C1. The normalized spacial score (nSPS) is 17.4. The summed E-state index contributed by atoms with van der Waals surface area (Å²) in [5.74, 6) is 2.22. The van der Waals surface area contributed by atoms with Gasteiger partial charge >= 0.3 is 0 Å². The van der Waals surface area contributed by atoms with E-state index in [4.69, 9.17) is 9.72 Å². The molecule has 0 spiro atoms. The van der Waals surface area contributed by atoms with Crippen LogP contribution in [0.4, 0.5) is 0 Å². The Bertz CT molecular complexity index is 842. The van der Waals surface area contributed by atoms with E-state index >= 15 is 0 Å². The number of piperidine rings is 1. The number of para-hydroxylation sites is 3. The van der Waals surface area contributed by atoms with Gasteiger partial charge in [-0.1, -0.05) is 30.3 Å². The van der Waals surface area contributed by atoms with Crippen molar-refractivity contribution < 1.29 is 9.53 Å². The van der Waals surface area contributed by atoms with Crippen molar-refractivity contribution in [2.75, 3.05) is 19.7 Å². The number of hydrogen-bond donors (Lipinski definition) is 1. The van der Waals surface area contributed by atoms with Gasteiger partial charge in [0.25, 0.3) is 0 Å². The Morgan fingerprint density at radius 2 is 1.96 bits per heavy atom. The molecule has 26 heavy (non-hydrogen) atoms. The van der Waals surface area contributed by atoms with Crippen LogP contribution in [0, 0.1) is 0 Å². The van der Waals surface area contributed by atoms with Crippen LogP contribution in [0.2, 0.25) is 0 Å². The molecule has 4 rings (SSSR count). The minimum absolute atomic E-state index is 0.154. The van der Waals surface area contributed by atoms with E-state index in [1.807, 2.05) is 59.5 Å². The summed E-state index contributed by atoms with van der Waals surface area (Å²) in [6.07, 6.45) is 2.47. The highest BCUT2D eigenvalue weighted by Crippen LogP contribution is 2.27. The lowest BCUT2D eigenvalue weighted by Crippen LogP contribution is -2.39. The topological polar surface area (TPSA) is 58.2 Å². The van der Waals surface area contributed by atoms with Gasteiger partial charge in [-0.25, -0.2) is 4.98 Å². The van der Waals surface area contributed by atoms with Crippen LogP contribution in [0.15, 0.2) is 54.6 Å². The summed E-state index contributed by atoms with van der Waals surface area (Å²) in [7, 11) is 0. The van der Waals surface area contributed by atoms with Gasteiger partial charge in [0.05, 0.1) is 24.1 Å². The number of H-pyrrole nitrogens is 1. The lowest BCUT2D eigenvalue weighted by Gasteiger charge is -2.32. The first kappa shape index (κ1) is 16.6. The molecule has 2 heterocycles. The van der Waals surface area contributed by atoms with E-state index in [2.05, 4.69) is 4.98 Å². The van der Waals surface area contributed by atoms with E-state index in [-0.39, 0.29) is 11.8 Å². The van der Waals surface area contributed by atoms with Crippen LogP contribution in [0.25, 0.3) is 11.0 Å². The fourth-order valence-electron chi connectivity index (χ4n) is 3.52. The maximum absolute atomic E-state index is 12.6. The van der Waals surface area contributed by atoms with Crippen molar-refractivity contribution in [1.82, 2.24) is 14.9 Å². The molecule has 1 N–H and O–H groups in total. The predicted molar refractivity (Wildman–Crippen MR) is 101 cm³/mol. The number of carbonyl (C=O) groups excluding carboxylic acids is 1. The summed E-state index contributed by atoms with van der Waals surface area (Å²) in [6, 6.07) is 17.7. The molecule has 3 aromatic rings. The number of nitrogens with zero attached hydrogens (tertiary/aromatic N) is 2. The van der Waals surface area contributed by atoms with Crippen LogP contribution in [-0.4, -0.2) is 40.5 Å². The number of hydrogen-bond acceptors (Lipinski definition) is 3. The summed E-state index contributed by atoms with van der Waals surface area (Å²) in [6.45, 7) is 1.96. The Labute approximate surface area is 153 Å². The fraction of sp³-hybridized carbons (Fsp3) is 0.333. The molecule has 0 radical (unpaired) electrons. The van der Waals surface area contributed by atoms with Gasteiger partial charge < -0.3 is 14.6 Å². The highest BCUT2D eigenvalue weighted by atomic mass is 16.5. The summed E-state index contributed by atoms with van der Waals surface area (Å²) in [4.78, 5) is 22.6. The second kappa shape index (κ2) is 7.60. The maximum atomic E-state index is 12.6. The lowest BCUT2D eigenvalue weighted by atomic mass is 9.97. The number of ether oxygens (including phenoxy) is 1. The third kappa shape index (κ3) is 3.72. The molecule has 0 bridgehead atoms. The molecule has 1 amide bonds. The molecule has 0 unspecified atom stereocenters. The minimum atomic E-state index is 0.154. The van der Waals surface area contributed by atoms with E-state index in [1.54, 1.807) is 0 Å². The number of benzene rings is 2. The summed E-state index contributed by atoms with van der Waals surface area (Å²) in [5, 5.41) is 0. The van der Waals surface area contributed by atoms with Crippen molar-refractivity contribution in [2.45, 2.75) is 25.2 Å². The number of imidazole rings is 1. The molecule has 1 atom stereocenters. The Balaban J connectivity index is 1.34. The summed E-state index contributed by atoms with van der Waals surface area (Å²) < 4.78 is 5.65. The summed E-state index contributed by atoms with van der Waals surface area (Å²) in [5.41, 5.74) is 2.05. The Morgan fingerprint density at radius 1 is 1.15 bits per heavy atom. The Hall–Kier alpha value is -2.82. The number of amides is 1. The zero-order valence-electron chi connectivity index (χ0n) is 14.7. The quantitative estimate of drug-likeness (QED) is 0.763. The smallest absolute Gasteiger partial charge is 0.226 e. The third-order valence-corrected chi connectivity index (χ3v) is 4.90. The Morgan fingerprint density at radius 3 is 2.81 bits per heavy atom. The lowest BCUT2D eigenvalue weighted by molar-refractivity contribution is -0.132. The monoisotopic (exact) mass is 349 g/mol. The molecule has 1 aliphatic rings. The van der Waals surface area contributed by atoms with Crippen LogP contribution in [0.1, 0.15) is 31.0 Å². The van der Waals surface area contributed by atoms with E-state index in [0.717, 1.165) is 48.5 Å². The standard InChI is InChI=1S/C21H23N3O2/c25-20(12-14-26-17-8-2-1-3-9-17)24-13-6-7-16(15-24)21-22-18-10-4-5-11-19(18)23-21/h1-5,8-11,16H,6-7,12-15H2,(H,22,23)/t16-/m0/s1. The van der Waals surface area contributed by atoms with Crippen molar-refractivity contribution in [3.63, 3.8) is 0 Å². The fourth-order valence-corrected chi connectivity index (χ4v) is 3.52. The van der Waals surface area contributed by atoms with Crippen molar-refractivity contribution in [3.05, 3.63) is 60.4 Å². The van der Waals surface area contributed by atoms with Crippen LogP contribution in [0.5, 0.6) is 5.75 Å². The van der Waals surface area contributed by atoms with Crippen molar-refractivity contribution in [1.29, 1.82) is 0 Å². The second-order valence-corrected chi connectivity index (χ2v) is 6.73. The van der Waals surface area contributed by atoms with E-state index in [0.29, 0.717) is 13.0 Å². The van der Waals surface area contributed by atoms with Gasteiger partial charge in [-0.05, 0) is 37.1 Å². The van der Waals surface area contributed by atoms with Crippen molar-refractivity contribution in [2.24, 2.45) is 0 Å². The van der Waals surface area contributed by atoms with Gasteiger partial charge in [0, 0.05) is 19.0 Å². The Kier molecular flexibility index (Phi) is 4.86. The number of nitrogens with one attached hydrogen (secondary N) is 1. The van der Waals surface area contributed by atoms with Gasteiger partial charge in [0.2, 0.25) is 5.91 Å². The van der Waals surface area contributed by atoms with Gasteiger partial charge in [-0.2, -0.15) is 0 Å². The van der Waals surface area contributed by atoms with Crippen LogP contribution in [-0.2, 0) is 4.79 Å². The van der Waals surface area contributed by atoms with Gasteiger partial charge in [-0.15, -0.1) is 0 Å². The highest BCUT2D eigenvalue weighted by molar-refractivity contribution is 5.77. The van der Waals surface area contributed by atoms with Crippen molar-refractivity contribution in [3.8, 4) is 5.75 Å². The first-order valence-corrected chi connectivity index (χ1v) is 9.20. The third-order valence-electron chi connectivity index (χ3n) is 4.90. The number of fused-ring (bicyclic) bond motifs is 1. The number of aromatic amines is 1. The van der Waals surface area contributed by atoms with E-state index < -0.39 is 0 Å². The average Bonchev–Trinajstić information content (AvgIpc) is 3.13. The molecule has 0 aliphatic carbocycles. The van der Waals surface area contributed by atoms with E-state index in [1.165, 1.54) is 0 Å². The second-order valence-electron chi connectivity index (χ2n) is 6.73. The molecule has 1 saturated heterocycles. The molecule has 134 valence electrons. The predicted octanol–water partition coefficient (Wildman–Crippen LogP) is 3.74. The first-order valence-electron chi connectivity index (χ1n) is 9.20. The first-order chi connectivity index (χ1) is 12.8. The number of carbonyl (C=O) groups is 1. The van der Waals surface area contributed by atoms with Crippen LogP contribution >= 0.6 is 0 Å².